The first-order valence-corrected chi connectivity index (χ1v) is 7.24. The summed E-state index contributed by atoms with van der Waals surface area (Å²) in [6.45, 7) is 0.152. The molecule has 24 heavy (non-hydrogen) atoms. The molecule has 0 atom stereocenters. The lowest BCUT2D eigenvalue weighted by atomic mass is 10.0. The zero-order valence-corrected chi connectivity index (χ0v) is 12.7. The molecular weight excluding hydrogens is 313 g/mol. The maximum absolute atomic E-state index is 13.5. The van der Waals surface area contributed by atoms with Gasteiger partial charge in [0.15, 0.2) is 11.5 Å². The van der Waals surface area contributed by atoms with Gasteiger partial charge in [-0.2, -0.15) is 0 Å². The highest BCUT2D eigenvalue weighted by Gasteiger charge is 2.20. The van der Waals surface area contributed by atoms with Crippen molar-refractivity contribution in [2.75, 3.05) is 13.9 Å². The number of nitrogens with zero attached hydrogens (tertiary/aromatic N) is 1. The van der Waals surface area contributed by atoms with Crippen LogP contribution in [0.1, 0.15) is 10.4 Å². The van der Waals surface area contributed by atoms with Gasteiger partial charge >= 0.3 is 5.97 Å². The van der Waals surface area contributed by atoms with Gasteiger partial charge in [0.05, 0.1) is 23.9 Å². The SMILES string of the molecule is COC(=O)c1cc2ccc(F)cc2nc1-c1ccc2c(c1)OCO2. The molecule has 0 N–H and O–H groups in total. The zero-order chi connectivity index (χ0) is 16.7. The molecule has 0 saturated carbocycles. The van der Waals surface area contributed by atoms with E-state index in [2.05, 4.69) is 4.98 Å². The second kappa shape index (κ2) is 5.49. The Hall–Kier alpha value is -3.15. The van der Waals surface area contributed by atoms with Gasteiger partial charge in [0.25, 0.3) is 0 Å². The van der Waals surface area contributed by atoms with Crippen LogP contribution in [0.3, 0.4) is 0 Å². The van der Waals surface area contributed by atoms with Crippen LogP contribution in [0, 0.1) is 5.82 Å². The lowest BCUT2D eigenvalue weighted by molar-refractivity contribution is 0.0601. The minimum Gasteiger partial charge on any atom is -0.465 e. The number of hydrogen-bond donors (Lipinski definition) is 0. The first-order chi connectivity index (χ1) is 11.7. The van der Waals surface area contributed by atoms with E-state index in [4.69, 9.17) is 14.2 Å². The fourth-order valence-electron chi connectivity index (χ4n) is 2.67. The second-order valence-electron chi connectivity index (χ2n) is 5.28. The molecule has 4 rings (SSSR count). The summed E-state index contributed by atoms with van der Waals surface area (Å²) in [6.07, 6.45) is 0. The lowest BCUT2D eigenvalue weighted by Crippen LogP contribution is -2.05. The van der Waals surface area contributed by atoms with Gasteiger partial charge in [0.1, 0.15) is 5.82 Å². The molecule has 0 amide bonds. The van der Waals surface area contributed by atoms with Crippen molar-refractivity contribution in [3.05, 3.63) is 53.8 Å². The molecule has 5 nitrogen and oxygen atoms in total. The Kier molecular flexibility index (Phi) is 3.30. The Bertz CT molecular complexity index is 971. The minimum atomic E-state index is -0.513. The fraction of sp³-hybridized carbons (Fsp3) is 0.111. The number of benzene rings is 2. The number of halogens is 1. The summed E-state index contributed by atoms with van der Waals surface area (Å²) in [5, 5.41) is 0.654. The molecule has 0 radical (unpaired) electrons. The minimum absolute atomic E-state index is 0.152. The van der Waals surface area contributed by atoms with Gasteiger partial charge in [-0.25, -0.2) is 14.2 Å². The molecule has 120 valence electrons. The third-order valence-electron chi connectivity index (χ3n) is 3.83. The van der Waals surface area contributed by atoms with Gasteiger partial charge in [-0.05, 0) is 36.4 Å². The van der Waals surface area contributed by atoms with Crippen LogP contribution in [0.25, 0.3) is 22.2 Å². The lowest BCUT2D eigenvalue weighted by Gasteiger charge is -2.10. The average Bonchev–Trinajstić information content (AvgIpc) is 3.07. The molecule has 1 aliphatic heterocycles. The Labute approximate surface area is 136 Å². The highest BCUT2D eigenvalue weighted by atomic mass is 19.1. The van der Waals surface area contributed by atoms with Crippen LogP contribution in [-0.2, 0) is 4.74 Å². The quantitative estimate of drug-likeness (QED) is 0.674. The summed E-state index contributed by atoms with van der Waals surface area (Å²) in [6, 6.07) is 11.1. The van der Waals surface area contributed by atoms with E-state index in [1.165, 1.54) is 19.2 Å². The largest absolute Gasteiger partial charge is 0.465 e. The molecule has 2 aromatic carbocycles. The van der Waals surface area contributed by atoms with Gasteiger partial charge < -0.3 is 14.2 Å². The maximum atomic E-state index is 13.5. The number of rotatable bonds is 2. The molecule has 1 aromatic heterocycles. The van der Waals surface area contributed by atoms with Crippen molar-refractivity contribution >= 4 is 16.9 Å². The molecule has 0 spiro atoms. The van der Waals surface area contributed by atoms with Gasteiger partial charge in [-0.1, -0.05) is 0 Å². The first kappa shape index (κ1) is 14.4. The van der Waals surface area contributed by atoms with Crippen molar-refractivity contribution in [1.29, 1.82) is 0 Å². The number of hydrogen-bond acceptors (Lipinski definition) is 5. The van der Waals surface area contributed by atoms with Crippen molar-refractivity contribution in [2.24, 2.45) is 0 Å². The van der Waals surface area contributed by atoms with E-state index in [0.717, 1.165) is 0 Å². The molecule has 3 aromatic rings. The fourth-order valence-corrected chi connectivity index (χ4v) is 2.67. The van der Waals surface area contributed by atoms with Crippen LogP contribution < -0.4 is 9.47 Å². The van der Waals surface area contributed by atoms with Crippen molar-refractivity contribution in [3.8, 4) is 22.8 Å². The molecule has 0 saturated heterocycles. The number of carbonyl (C=O) groups excluding carboxylic acids is 1. The van der Waals surface area contributed by atoms with Crippen molar-refractivity contribution in [1.82, 2.24) is 4.98 Å². The Morgan fingerprint density at radius 3 is 2.79 bits per heavy atom. The predicted octanol–water partition coefficient (Wildman–Crippen LogP) is 3.56. The summed E-state index contributed by atoms with van der Waals surface area (Å²) in [5.74, 6) is 0.300. The summed E-state index contributed by atoms with van der Waals surface area (Å²) in [5.41, 5.74) is 1.81. The van der Waals surface area contributed by atoms with Crippen LogP contribution in [0.5, 0.6) is 11.5 Å². The Morgan fingerprint density at radius 2 is 1.96 bits per heavy atom. The van der Waals surface area contributed by atoms with E-state index in [9.17, 15) is 9.18 Å². The topological polar surface area (TPSA) is 57.7 Å². The normalized spacial score (nSPS) is 12.4. The van der Waals surface area contributed by atoms with Gasteiger partial charge in [0, 0.05) is 17.0 Å². The molecule has 0 fully saturated rings. The predicted molar refractivity (Wildman–Crippen MR) is 84.6 cm³/mol. The van der Waals surface area contributed by atoms with E-state index in [0.29, 0.717) is 39.2 Å². The number of carbonyl (C=O) groups is 1. The van der Waals surface area contributed by atoms with Crippen molar-refractivity contribution in [2.45, 2.75) is 0 Å². The number of esters is 1. The van der Waals surface area contributed by atoms with Crippen LogP contribution in [0.15, 0.2) is 42.5 Å². The number of methoxy groups -OCH3 is 1. The summed E-state index contributed by atoms with van der Waals surface area (Å²) in [4.78, 5) is 16.6. The van der Waals surface area contributed by atoms with Crippen molar-refractivity contribution < 1.29 is 23.4 Å². The average molecular weight is 325 g/mol. The van der Waals surface area contributed by atoms with E-state index < -0.39 is 11.8 Å². The van der Waals surface area contributed by atoms with Crippen LogP contribution in [0.2, 0.25) is 0 Å². The second-order valence-corrected chi connectivity index (χ2v) is 5.28. The monoisotopic (exact) mass is 325 g/mol. The molecule has 1 aliphatic rings. The highest BCUT2D eigenvalue weighted by Crippen LogP contribution is 2.37. The summed E-state index contributed by atoms with van der Waals surface area (Å²) >= 11 is 0. The van der Waals surface area contributed by atoms with Crippen molar-refractivity contribution in [3.63, 3.8) is 0 Å². The Morgan fingerprint density at radius 1 is 1.12 bits per heavy atom. The van der Waals surface area contributed by atoms with E-state index in [1.807, 2.05) is 0 Å². The zero-order valence-electron chi connectivity index (χ0n) is 12.7. The standard InChI is InChI=1S/C18H12FNO4/c1-22-18(21)13-6-10-2-4-12(19)8-14(10)20-17(13)11-3-5-15-16(7-11)24-9-23-15/h2-8H,9H2,1H3. The maximum Gasteiger partial charge on any atom is 0.340 e. The molecule has 2 heterocycles. The molecule has 0 unspecified atom stereocenters. The third-order valence-corrected chi connectivity index (χ3v) is 3.83. The third kappa shape index (κ3) is 2.32. The molecule has 0 aliphatic carbocycles. The Balaban J connectivity index is 1.96. The van der Waals surface area contributed by atoms with E-state index in [-0.39, 0.29) is 6.79 Å². The van der Waals surface area contributed by atoms with Crippen LogP contribution in [0.4, 0.5) is 4.39 Å². The van der Waals surface area contributed by atoms with Crippen LogP contribution >= 0.6 is 0 Å². The van der Waals surface area contributed by atoms with E-state index >= 15 is 0 Å². The number of aromatic nitrogens is 1. The van der Waals surface area contributed by atoms with Crippen LogP contribution in [-0.4, -0.2) is 24.9 Å². The highest BCUT2D eigenvalue weighted by molar-refractivity contribution is 6.00. The number of ether oxygens (including phenoxy) is 3. The van der Waals surface area contributed by atoms with Gasteiger partial charge in [-0.15, -0.1) is 0 Å². The molecule has 6 heteroatoms. The van der Waals surface area contributed by atoms with Gasteiger partial charge in [-0.3, -0.25) is 0 Å². The molecular formula is C18H12FNO4. The number of pyridine rings is 1. The number of fused-ring (bicyclic) bond motifs is 2. The molecule has 0 bridgehead atoms. The van der Waals surface area contributed by atoms with E-state index in [1.54, 1.807) is 30.3 Å². The smallest absolute Gasteiger partial charge is 0.340 e. The van der Waals surface area contributed by atoms with Gasteiger partial charge in [0.2, 0.25) is 6.79 Å². The first-order valence-electron chi connectivity index (χ1n) is 7.24. The summed E-state index contributed by atoms with van der Waals surface area (Å²) < 4.78 is 29.0. The summed E-state index contributed by atoms with van der Waals surface area (Å²) in [7, 11) is 1.31.